The molecule has 118 valence electrons. The van der Waals surface area contributed by atoms with Crippen molar-refractivity contribution in [2.24, 2.45) is 0 Å². The predicted octanol–water partition coefficient (Wildman–Crippen LogP) is 3.63. The summed E-state index contributed by atoms with van der Waals surface area (Å²) in [5, 5.41) is 8.09. The van der Waals surface area contributed by atoms with Crippen LogP contribution in [0.25, 0.3) is 15.3 Å². The van der Waals surface area contributed by atoms with Crippen LogP contribution in [0.15, 0.2) is 18.2 Å². The van der Waals surface area contributed by atoms with Gasteiger partial charge in [0.1, 0.15) is 5.82 Å². The van der Waals surface area contributed by atoms with Gasteiger partial charge in [-0.15, -0.1) is 0 Å². The van der Waals surface area contributed by atoms with Gasteiger partial charge in [-0.05, 0) is 55.9 Å². The Balaban J connectivity index is 1.82. The number of fused-ring (bicyclic) bond motifs is 2. The Hall–Kier alpha value is -2.21. The van der Waals surface area contributed by atoms with Crippen LogP contribution in [-0.4, -0.2) is 20.7 Å². The third-order valence-corrected chi connectivity index (χ3v) is 5.15. The van der Waals surface area contributed by atoms with E-state index in [1.807, 2.05) is 13.0 Å². The second-order valence-corrected chi connectivity index (χ2v) is 7.07. The lowest BCUT2D eigenvalue weighted by Crippen LogP contribution is -2.10. The zero-order valence-corrected chi connectivity index (χ0v) is 14.0. The maximum absolute atomic E-state index is 11.4. The smallest absolute Gasteiger partial charge is 0.222 e. The molecule has 0 saturated carbocycles. The van der Waals surface area contributed by atoms with Gasteiger partial charge in [0, 0.05) is 13.0 Å². The highest BCUT2D eigenvalue weighted by molar-refractivity contribution is 7.20. The summed E-state index contributed by atoms with van der Waals surface area (Å²) in [5.74, 6) is 0.557. The third kappa shape index (κ3) is 2.63. The molecule has 0 saturated heterocycles. The molecule has 0 aliphatic heterocycles. The van der Waals surface area contributed by atoms with Crippen LogP contribution in [0.4, 0.5) is 5.82 Å². The van der Waals surface area contributed by atoms with Crippen molar-refractivity contribution in [1.82, 2.24) is 14.8 Å². The van der Waals surface area contributed by atoms with Gasteiger partial charge in [-0.3, -0.25) is 4.79 Å². The van der Waals surface area contributed by atoms with Gasteiger partial charge in [-0.1, -0.05) is 11.3 Å². The lowest BCUT2D eigenvalue weighted by molar-refractivity contribution is -0.114. The first-order chi connectivity index (χ1) is 11.1. The molecule has 0 unspecified atom stereocenters. The van der Waals surface area contributed by atoms with Crippen LogP contribution < -0.4 is 5.32 Å². The molecule has 1 aliphatic rings. The lowest BCUT2D eigenvalue weighted by Gasteiger charge is -2.14. The molecule has 0 radical (unpaired) electrons. The van der Waals surface area contributed by atoms with E-state index >= 15 is 0 Å². The largest absolute Gasteiger partial charge is 0.311 e. The minimum absolute atomic E-state index is 0.109. The minimum Gasteiger partial charge on any atom is -0.311 e. The van der Waals surface area contributed by atoms with Crippen LogP contribution in [0.2, 0.25) is 0 Å². The number of thiazole rings is 1. The highest BCUT2D eigenvalue weighted by Crippen LogP contribution is 2.32. The normalized spacial score (nSPS) is 14.0. The number of anilines is 1. The first-order valence-electron chi connectivity index (χ1n) is 7.87. The molecule has 0 fully saturated rings. The van der Waals surface area contributed by atoms with Crippen molar-refractivity contribution >= 4 is 33.3 Å². The van der Waals surface area contributed by atoms with E-state index < -0.39 is 0 Å². The van der Waals surface area contributed by atoms with E-state index in [0.29, 0.717) is 5.82 Å². The van der Waals surface area contributed by atoms with Gasteiger partial charge >= 0.3 is 0 Å². The molecule has 2 heterocycles. The van der Waals surface area contributed by atoms with Crippen LogP contribution in [0.1, 0.15) is 36.6 Å². The molecule has 4 rings (SSSR count). The Morgan fingerprint density at radius 3 is 2.70 bits per heavy atom. The van der Waals surface area contributed by atoms with E-state index in [1.54, 1.807) is 16.0 Å². The molecule has 1 aliphatic carbocycles. The first-order valence-corrected chi connectivity index (χ1v) is 8.69. The average molecular weight is 326 g/mol. The molecule has 6 heteroatoms. The third-order valence-electron chi connectivity index (χ3n) is 4.16. The van der Waals surface area contributed by atoms with E-state index in [2.05, 4.69) is 22.5 Å². The zero-order valence-electron chi connectivity index (χ0n) is 13.2. The number of nitrogens with zero attached hydrogens (tertiary/aromatic N) is 3. The summed E-state index contributed by atoms with van der Waals surface area (Å²) in [7, 11) is 0. The molecular formula is C17H18N4OS. The second kappa shape index (κ2) is 5.45. The molecule has 0 atom stereocenters. The maximum atomic E-state index is 11.4. The van der Waals surface area contributed by atoms with E-state index in [-0.39, 0.29) is 5.91 Å². The van der Waals surface area contributed by atoms with Crippen molar-refractivity contribution in [1.29, 1.82) is 0 Å². The first kappa shape index (κ1) is 14.4. The highest BCUT2D eigenvalue weighted by Gasteiger charge is 2.16. The van der Waals surface area contributed by atoms with Crippen LogP contribution in [0.5, 0.6) is 0 Å². The van der Waals surface area contributed by atoms with Gasteiger partial charge < -0.3 is 5.32 Å². The summed E-state index contributed by atoms with van der Waals surface area (Å²) in [6, 6.07) is 6.36. The molecule has 1 aromatic carbocycles. The molecular weight excluding hydrogens is 308 g/mol. The summed E-state index contributed by atoms with van der Waals surface area (Å²) in [5.41, 5.74) is 4.76. The summed E-state index contributed by atoms with van der Waals surface area (Å²) in [4.78, 5) is 16.1. The number of carbonyl (C=O) groups excluding carboxylic acids is 1. The zero-order chi connectivity index (χ0) is 16.0. The summed E-state index contributed by atoms with van der Waals surface area (Å²) < 4.78 is 2.91. The summed E-state index contributed by atoms with van der Waals surface area (Å²) in [6.07, 6.45) is 4.85. The summed E-state index contributed by atoms with van der Waals surface area (Å²) in [6.45, 7) is 3.41. The fraction of sp³-hybridized carbons (Fsp3) is 0.353. The molecule has 0 spiro atoms. The Labute approximate surface area is 138 Å². The van der Waals surface area contributed by atoms with E-state index in [1.165, 1.54) is 35.6 Å². The van der Waals surface area contributed by atoms with Gasteiger partial charge in [-0.25, -0.2) is 4.98 Å². The lowest BCUT2D eigenvalue weighted by atomic mass is 9.92. The van der Waals surface area contributed by atoms with Crippen molar-refractivity contribution in [3.63, 3.8) is 0 Å². The average Bonchev–Trinajstić information content (AvgIpc) is 3.06. The van der Waals surface area contributed by atoms with Crippen LogP contribution in [-0.2, 0) is 17.6 Å². The standard InChI is InChI=1S/C17H18N4OS/c1-10-7-16(18-11(2)22)21(20-10)17-19-14-8-12-5-3-4-6-13(12)9-15(14)23-17/h7-9H,3-6H2,1-2H3,(H,18,22). The number of aromatic nitrogens is 3. The minimum atomic E-state index is -0.109. The molecule has 2 aromatic heterocycles. The van der Waals surface area contributed by atoms with Crippen molar-refractivity contribution < 1.29 is 4.79 Å². The Kier molecular flexibility index (Phi) is 3.41. The Bertz CT molecular complexity index is 866. The molecule has 5 nitrogen and oxygen atoms in total. The van der Waals surface area contributed by atoms with E-state index in [0.717, 1.165) is 29.2 Å². The van der Waals surface area contributed by atoms with Gasteiger partial charge in [0.25, 0.3) is 0 Å². The fourth-order valence-corrected chi connectivity index (χ4v) is 4.13. The van der Waals surface area contributed by atoms with Gasteiger partial charge in [-0.2, -0.15) is 9.78 Å². The molecule has 0 bridgehead atoms. The fourth-order valence-electron chi connectivity index (χ4n) is 3.15. The highest BCUT2D eigenvalue weighted by atomic mass is 32.1. The molecule has 1 N–H and O–H groups in total. The van der Waals surface area contributed by atoms with Crippen molar-refractivity contribution in [3.8, 4) is 5.13 Å². The topological polar surface area (TPSA) is 59.8 Å². The Morgan fingerprint density at radius 1 is 1.22 bits per heavy atom. The number of aryl methyl sites for hydroxylation is 3. The number of rotatable bonds is 2. The molecule has 3 aromatic rings. The maximum Gasteiger partial charge on any atom is 0.222 e. The Morgan fingerprint density at radius 2 is 1.96 bits per heavy atom. The quantitative estimate of drug-likeness (QED) is 0.782. The van der Waals surface area contributed by atoms with Gasteiger partial charge in [0.15, 0.2) is 0 Å². The summed E-state index contributed by atoms with van der Waals surface area (Å²) >= 11 is 1.62. The van der Waals surface area contributed by atoms with E-state index in [4.69, 9.17) is 4.98 Å². The number of nitrogens with one attached hydrogen (secondary N) is 1. The van der Waals surface area contributed by atoms with E-state index in [9.17, 15) is 4.79 Å². The second-order valence-electron chi connectivity index (χ2n) is 6.06. The number of benzene rings is 1. The van der Waals surface area contributed by atoms with Crippen molar-refractivity contribution in [2.75, 3.05) is 5.32 Å². The predicted molar refractivity (Wildman–Crippen MR) is 92.4 cm³/mol. The molecule has 23 heavy (non-hydrogen) atoms. The number of carbonyl (C=O) groups is 1. The van der Waals surface area contributed by atoms with Crippen LogP contribution >= 0.6 is 11.3 Å². The SMILES string of the molecule is CC(=O)Nc1cc(C)nn1-c1nc2cc3c(cc2s1)CCCC3. The molecule has 1 amide bonds. The van der Waals surface area contributed by atoms with Crippen molar-refractivity contribution in [2.45, 2.75) is 39.5 Å². The van der Waals surface area contributed by atoms with Crippen LogP contribution in [0, 0.1) is 6.92 Å². The van der Waals surface area contributed by atoms with Gasteiger partial charge in [0.05, 0.1) is 15.9 Å². The van der Waals surface area contributed by atoms with Crippen molar-refractivity contribution in [3.05, 3.63) is 35.0 Å². The monoisotopic (exact) mass is 326 g/mol. The number of hydrogen-bond acceptors (Lipinski definition) is 4. The van der Waals surface area contributed by atoms with Crippen LogP contribution in [0.3, 0.4) is 0 Å². The number of amides is 1. The number of hydrogen-bond donors (Lipinski definition) is 1. The van der Waals surface area contributed by atoms with Gasteiger partial charge in [0.2, 0.25) is 11.0 Å².